The second-order valence-corrected chi connectivity index (χ2v) is 7.77. The van der Waals surface area contributed by atoms with Gasteiger partial charge in [-0.05, 0) is 31.0 Å². The van der Waals surface area contributed by atoms with Crippen molar-refractivity contribution in [1.82, 2.24) is 5.32 Å². The average Bonchev–Trinajstić information content (AvgIpc) is 2.54. The van der Waals surface area contributed by atoms with E-state index in [1.807, 2.05) is 0 Å². The minimum Gasteiger partial charge on any atom is -0.495 e. The molecule has 0 aliphatic carbocycles. The molecule has 142 valence electrons. The van der Waals surface area contributed by atoms with Crippen molar-refractivity contribution in [2.75, 3.05) is 44.5 Å². The zero-order chi connectivity index (χ0) is 18.9. The molecular weight excluding hydrogens is 368 g/mol. The molecule has 1 rings (SSSR count). The number of halogens is 1. The first kappa shape index (κ1) is 21.5. The van der Waals surface area contributed by atoms with E-state index in [0.717, 1.165) is 12.7 Å². The van der Waals surface area contributed by atoms with E-state index in [9.17, 15) is 13.2 Å². The smallest absolute Gasteiger partial charge is 0.232 e. The standard InChI is InChI=1S/C16H25ClN2O5S/c1-23-11-5-9-18-16(20)6-4-10-19(25(3,21)22)13-7-8-15(24-2)14(17)12-13/h7-8,12H,4-6,9-11H2,1-3H3,(H,18,20). The highest BCUT2D eigenvalue weighted by molar-refractivity contribution is 7.92. The van der Waals surface area contributed by atoms with E-state index in [1.165, 1.54) is 17.5 Å². The van der Waals surface area contributed by atoms with E-state index in [4.69, 9.17) is 21.1 Å². The first-order valence-electron chi connectivity index (χ1n) is 7.86. The lowest BCUT2D eigenvalue weighted by Crippen LogP contribution is -2.32. The molecule has 1 amide bonds. The molecule has 0 aromatic heterocycles. The third kappa shape index (κ3) is 7.50. The van der Waals surface area contributed by atoms with Gasteiger partial charge in [-0.2, -0.15) is 0 Å². The summed E-state index contributed by atoms with van der Waals surface area (Å²) in [6, 6.07) is 4.77. The molecule has 0 aliphatic heterocycles. The fourth-order valence-corrected chi connectivity index (χ4v) is 3.42. The molecule has 0 radical (unpaired) electrons. The number of benzene rings is 1. The van der Waals surface area contributed by atoms with E-state index in [0.29, 0.717) is 36.0 Å². The Morgan fingerprint density at radius 2 is 2.00 bits per heavy atom. The lowest BCUT2D eigenvalue weighted by Gasteiger charge is -2.23. The van der Waals surface area contributed by atoms with E-state index in [1.54, 1.807) is 19.2 Å². The van der Waals surface area contributed by atoms with Crippen molar-refractivity contribution < 1.29 is 22.7 Å². The van der Waals surface area contributed by atoms with Gasteiger partial charge in [0.15, 0.2) is 0 Å². The number of nitrogens with zero attached hydrogens (tertiary/aromatic N) is 1. The quantitative estimate of drug-likeness (QED) is 0.582. The Balaban J connectivity index is 2.64. The number of carbonyl (C=O) groups excluding carboxylic acids is 1. The number of anilines is 1. The van der Waals surface area contributed by atoms with Crippen LogP contribution in [0.15, 0.2) is 18.2 Å². The topological polar surface area (TPSA) is 84.9 Å². The highest BCUT2D eigenvalue weighted by Gasteiger charge is 2.18. The summed E-state index contributed by atoms with van der Waals surface area (Å²) in [5.41, 5.74) is 0.439. The van der Waals surface area contributed by atoms with Crippen LogP contribution in [-0.4, -0.2) is 54.5 Å². The van der Waals surface area contributed by atoms with Crippen LogP contribution in [0, 0.1) is 0 Å². The predicted molar refractivity (Wildman–Crippen MR) is 98.9 cm³/mol. The number of hydrogen-bond acceptors (Lipinski definition) is 5. The van der Waals surface area contributed by atoms with Crippen molar-refractivity contribution in [2.24, 2.45) is 0 Å². The van der Waals surface area contributed by atoms with Crippen molar-refractivity contribution in [2.45, 2.75) is 19.3 Å². The average molecular weight is 393 g/mol. The van der Waals surface area contributed by atoms with Gasteiger partial charge in [-0.3, -0.25) is 9.10 Å². The summed E-state index contributed by atoms with van der Waals surface area (Å²) in [5.74, 6) is 0.353. The molecule has 1 aromatic rings. The summed E-state index contributed by atoms with van der Waals surface area (Å²) in [6.07, 6.45) is 2.49. The van der Waals surface area contributed by atoms with Crippen LogP contribution >= 0.6 is 11.6 Å². The van der Waals surface area contributed by atoms with Crippen molar-refractivity contribution in [3.8, 4) is 5.75 Å². The third-order valence-corrected chi connectivity index (χ3v) is 4.93. The molecular formula is C16H25ClN2O5S. The minimum atomic E-state index is -3.49. The minimum absolute atomic E-state index is 0.114. The Morgan fingerprint density at radius 3 is 2.56 bits per heavy atom. The fourth-order valence-electron chi connectivity index (χ4n) is 2.21. The molecule has 0 bridgehead atoms. The molecule has 0 unspecified atom stereocenters. The van der Waals surface area contributed by atoms with Crippen molar-refractivity contribution >= 4 is 33.2 Å². The van der Waals surface area contributed by atoms with Gasteiger partial charge in [0.05, 0.1) is 24.1 Å². The van der Waals surface area contributed by atoms with Crippen LogP contribution < -0.4 is 14.4 Å². The summed E-state index contributed by atoms with van der Waals surface area (Å²) in [6.45, 7) is 1.31. The van der Waals surface area contributed by atoms with Crippen LogP contribution in [0.25, 0.3) is 0 Å². The number of rotatable bonds is 11. The molecule has 0 saturated heterocycles. The molecule has 9 heteroatoms. The molecule has 0 saturated carbocycles. The molecule has 0 atom stereocenters. The van der Waals surface area contributed by atoms with E-state index < -0.39 is 10.0 Å². The van der Waals surface area contributed by atoms with Gasteiger partial charge >= 0.3 is 0 Å². The predicted octanol–water partition coefficient (Wildman–Crippen LogP) is 2.05. The number of methoxy groups -OCH3 is 2. The number of sulfonamides is 1. The van der Waals surface area contributed by atoms with Crippen molar-refractivity contribution in [3.63, 3.8) is 0 Å². The Kier molecular flexibility index (Phi) is 9.02. The molecule has 1 aromatic carbocycles. The van der Waals surface area contributed by atoms with E-state index in [-0.39, 0.29) is 18.9 Å². The summed E-state index contributed by atoms with van der Waals surface area (Å²) >= 11 is 6.07. The SMILES string of the molecule is COCCCNC(=O)CCCN(c1ccc(OC)c(Cl)c1)S(C)(=O)=O. The van der Waals surface area contributed by atoms with Crippen LogP contribution in [0.5, 0.6) is 5.75 Å². The van der Waals surface area contributed by atoms with Gasteiger partial charge in [-0.1, -0.05) is 11.6 Å². The van der Waals surface area contributed by atoms with Crippen LogP contribution in [-0.2, 0) is 19.6 Å². The van der Waals surface area contributed by atoms with E-state index in [2.05, 4.69) is 5.32 Å². The second kappa shape index (κ2) is 10.5. The van der Waals surface area contributed by atoms with E-state index >= 15 is 0 Å². The molecule has 25 heavy (non-hydrogen) atoms. The highest BCUT2D eigenvalue weighted by atomic mass is 35.5. The van der Waals surface area contributed by atoms with Gasteiger partial charge in [0.1, 0.15) is 5.75 Å². The summed E-state index contributed by atoms with van der Waals surface area (Å²) in [4.78, 5) is 11.8. The van der Waals surface area contributed by atoms with Crippen LogP contribution in [0.2, 0.25) is 5.02 Å². The van der Waals surface area contributed by atoms with Gasteiger partial charge in [-0.25, -0.2) is 8.42 Å². The normalized spacial score (nSPS) is 11.2. The number of ether oxygens (including phenoxy) is 2. The zero-order valence-electron chi connectivity index (χ0n) is 14.7. The second-order valence-electron chi connectivity index (χ2n) is 5.45. The van der Waals surface area contributed by atoms with Crippen LogP contribution in [0.1, 0.15) is 19.3 Å². The monoisotopic (exact) mass is 392 g/mol. The largest absolute Gasteiger partial charge is 0.495 e. The van der Waals surface area contributed by atoms with Crippen LogP contribution in [0.4, 0.5) is 5.69 Å². The Bertz CT molecular complexity index is 666. The highest BCUT2D eigenvalue weighted by Crippen LogP contribution is 2.30. The summed E-state index contributed by atoms with van der Waals surface area (Å²) in [5, 5.41) is 3.09. The summed E-state index contributed by atoms with van der Waals surface area (Å²) in [7, 11) is -0.400. The maximum atomic E-state index is 12.1. The van der Waals surface area contributed by atoms with Gasteiger partial charge in [-0.15, -0.1) is 0 Å². The molecule has 0 heterocycles. The van der Waals surface area contributed by atoms with Crippen molar-refractivity contribution in [3.05, 3.63) is 23.2 Å². The Hall–Kier alpha value is -1.51. The fraction of sp³-hybridized carbons (Fsp3) is 0.562. The number of nitrogens with one attached hydrogen (secondary N) is 1. The lowest BCUT2D eigenvalue weighted by atomic mass is 10.2. The van der Waals surface area contributed by atoms with Gasteiger partial charge in [0.25, 0.3) is 0 Å². The Morgan fingerprint density at radius 1 is 1.28 bits per heavy atom. The van der Waals surface area contributed by atoms with Gasteiger partial charge < -0.3 is 14.8 Å². The number of hydrogen-bond donors (Lipinski definition) is 1. The number of carbonyl (C=O) groups is 1. The molecule has 0 fully saturated rings. The molecule has 1 N–H and O–H groups in total. The first-order valence-corrected chi connectivity index (χ1v) is 10.1. The van der Waals surface area contributed by atoms with Crippen molar-refractivity contribution in [1.29, 1.82) is 0 Å². The summed E-state index contributed by atoms with van der Waals surface area (Å²) < 4.78 is 35.3. The maximum absolute atomic E-state index is 12.1. The van der Waals surface area contributed by atoms with Gasteiger partial charge in [0.2, 0.25) is 15.9 Å². The molecule has 7 nitrogen and oxygen atoms in total. The lowest BCUT2D eigenvalue weighted by molar-refractivity contribution is -0.121. The number of amides is 1. The third-order valence-electron chi connectivity index (χ3n) is 3.44. The Labute approximate surface area is 154 Å². The van der Waals surface area contributed by atoms with Gasteiger partial charge in [0, 0.05) is 33.2 Å². The first-order chi connectivity index (χ1) is 11.8. The molecule has 0 spiro atoms. The van der Waals surface area contributed by atoms with Crippen LogP contribution in [0.3, 0.4) is 0 Å². The maximum Gasteiger partial charge on any atom is 0.232 e. The zero-order valence-corrected chi connectivity index (χ0v) is 16.3. The molecule has 0 aliphatic rings.